The lowest BCUT2D eigenvalue weighted by atomic mass is 9.95. The molecule has 0 saturated carbocycles. The summed E-state index contributed by atoms with van der Waals surface area (Å²) in [5.74, 6) is 0. The summed E-state index contributed by atoms with van der Waals surface area (Å²) in [7, 11) is 0. The van der Waals surface area contributed by atoms with Gasteiger partial charge in [0.15, 0.2) is 0 Å². The number of halogens is 1. The molecule has 19 heavy (non-hydrogen) atoms. The highest BCUT2D eigenvalue weighted by Gasteiger charge is 2.16. The molecule has 1 unspecified atom stereocenters. The topological polar surface area (TPSA) is 26.0 Å². The van der Waals surface area contributed by atoms with E-state index in [4.69, 9.17) is 5.73 Å². The second kappa shape index (κ2) is 5.10. The Kier molecular flexibility index (Phi) is 3.46. The lowest BCUT2D eigenvalue weighted by Gasteiger charge is -2.16. The standard InChI is InChI=1S/C17H18BrN/c1-11-5-8-16(18)15(9-11)17(19)14-7-6-12-3-2-4-13(12)10-14/h5-10,17H,2-4,19H2,1H3. The van der Waals surface area contributed by atoms with Crippen LogP contribution in [0.5, 0.6) is 0 Å². The molecule has 0 heterocycles. The van der Waals surface area contributed by atoms with E-state index in [-0.39, 0.29) is 6.04 Å². The summed E-state index contributed by atoms with van der Waals surface area (Å²) >= 11 is 3.61. The third kappa shape index (κ3) is 2.47. The quantitative estimate of drug-likeness (QED) is 0.878. The molecule has 0 fully saturated rings. The van der Waals surface area contributed by atoms with Gasteiger partial charge in [-0.1, -0.05) is 51.8 Å². The van der Waals surface area contributed by atoms with Gasteiger partial charge in [-0.3, -0.25) is 0 Å². The first kappa shape index (κ1) is 12.9. The average molecular weight is 316 g/mol. The summed E-state index contributed by atoms with van der Waals surface area (Å²) in [6, 6.07) is 13.0. The van der Waals surface area contributed by atoms with E-state index in [0.717, 1.165) is 10.0 Å². The molecule has 0 aromatic heterocycles. The maximum absolute atomic E-state index is 6.45. The van der Waals surface area contributed by atoms with Crippen LogP contribution in [-0.4, -0.2) is 0 Å². The van der Waals surface area contributed by atoms with Crippen LogP contribution in [0.1, 0.15) is 40.3 Å². The highest BCUT2D eigenvalue weighted by Crippen LogP contribution is 2.30. The van der Waals surface area contributed by atoms with E-state index in [9.17, 15) is 0 Å². The Morgan fingerprint density at radius 1 is 1.05 bits per heavy atom. The molecule has 98 valence electrons. The SMILES string of the molecule is Cc1ccc(Br)c(C(N)c2ccc3c(c2)CCC3)c1. The van der Waals surface area contributed by atoms with Gasteiger partial charge in [0.25, 0.3) is 0 Å². The molecule has 1 atom stereocenters. The van der Waals surface area contributed by atoms with Gasteiger partial charge < -0.3 is 5.73 Å². The number of benzene rings is 2. The van der Waals surface area contributed by atoms with Crippen molar-refractivity contribution >= 4 is 15.9 Å². The van der Waals surface area contributed by atoms with Gasteiger partial charge in [0, 0.05) is 4.47 Å². The predicted octanol–water partition coefficient (Wildman–Crippen LogP) is 4.29. The fourth-order valence-corrected chi connectivity index (χ4v) is 3.36. The number of rotatable bonds is 2. The molecule has 1 nitrogen and oxygen atoms in total. The van der Waals surface area contributed by atoms with E-state index in [0.29, 0.717) is 0 Å². The van der Waals surface area contributed by atoms with Gasteiger partial charge in [0.1, 0.15) is 0 Å². The van der Waals surface area contributed by atoms with Crippen molar-refractivity contribution < 1.29 is 0 Å². The van der Waals surface area contributed by atoms with Crippen LogP contribution in [0.2, 0.25) is 0 Å². The summed E-state index contributed by atoms with van der Waals surface area (Å²) in [4.78, 5) is 0. The van der Waals surface area contributed by atoms with Crippen molar-refractivity contribution in [1.82, 2.24) is 0 Å². The van der Waals surface area contributed by atoms with Crippen molar-refractivity contribution in [3.05, 3.63) is 68.7 Å². The smallest absolute Gasteiger partial charge is 0.0563 e. The van der Waals surface area contributed by atoms with Crippen molar-refractivity contribution in [2.45, 2.75) is 32.2 Å². The number of hydrogen-bond acceptors (Lipinski definition) is 1. The van der Waals surface area contributed by atoms with E-state index in [1.54, 1.807) is 0 Å². The Labute approximate surface area is 123 Å². The van der Waals surface area contributed by atoms with Crippen molar-refractivity contribution in [2.24, 2.45) is 5.73 Å². The maximum Gasteiger partial charge on any atom is 0.0563 e. The van der Waals surface area contributed by atoms with E-state index in [1.165, 1.54) is 41.5 Å². The van der Waals surface area contributed by atoms with Crippen LogP contribution < -0.4 is 5.73 Å². The van der Waals surface area contributed by atoms with Crippen LogP contribution in [-0.2, 0) is 12.8 Å². The molecule has 0 spiro atoms. The first-order chi connectivity index (χ1) is 9.15. The van der Waals surface area contributed by atoms with Gasteiger partial charge in [-0.05, 0) is 54.5 Å². The minimum Gasteiger partial charge on any atom is -0.320 e. The maximum atomic E-state index is 6.45. The first-order valence-corrected chi connectivity index (χ1v) is 7.58. The third-order valence-electron chi connectivity index (χ3n) is 3.97. The van der Waals surface area contributed by atoms with Gasteiger partial charge in [-0.15, -0.1) is 0 Å². The van der Waals surface area contributed by atoms with Gasteiger partial charge in [-0.25, -0.2) is 0 Å². The molecule has 2 heteroatoms. The van der Waals surface area contributed by atoms with Crippen LogP contribution in [0.15, 0.2) is 40.9 Å². The second-order valence-electron chi connectivity index (χ2n) is 5.38. The number of aryl methyl sites for hydroxylation is 3. The van der Waals surface area contributed by atoms with Crippen LogP contribution in [0, 0.1) is 6.92 Å². The zero-order chi connectivity index (χ0) is 13.4. The fraction of sp³-hybridized carbons (Fsp3) is 0.294. The van der Waals surface area contributed by atoms with E-state index in [1.807, 2.05) is 0 Å². The molecule has 0 radical (unpaired) electrons. The summed E-state index contributed by atoms with van der Waals surface area (Å²) in [5.41, 5.74) is 13.1. The zero-order valence-electron chi connectivity index (χ0n) is 11.1. The van der Waals surface area contributed by atoms with Crippen LogP contribution >= 0.6 is 15.9 Å². The molecule has 0 bridgehead atoms. The Balaban J connectivity index is 1.99. The van der Waals surface area contributed by atoms with Crippen molar-refractivity contribution in [3.63, 3.8) is 0 Å². The molecule has 3 rings (SSSR count). The Bertz CT molecular complexity index is 619. The van der Waals surface area contributed by atoms with E-state index >= 15 is 0 Å². The van der Waals surface area contributed by atoms with Crippen molar-refractivity contribution in [2.75, 3.05) is 0 Å². The monoisotopic (exact) mass is 315 g/mol. The Morgan fingerprint density at radius 2 is 1.84 bits per heavy atom. The summed E-state index contributed by atoms with van der Waals surface area (Å²) < 4.78 is 1.09. The number of fused-ring (bicyclic) bond motifs is 1. The first-order valence-electron chi connectivity index (χ1n) is 6.78. The van der Waals surface area contributed by atoms with Crippen LogP contribution in [0.4, 0.5) is 0 Å². The zero-order valence-corrected chi connectivity index (χ0v) is 12.7. The van der Waals surface area contributed by atoms with Crippen molar-refractivity contribution in [3.8, 4) is 0 Å². The molecule has 2 N–H and O–H groups in total. The molecule has 1 aliphatic rings. The molecule has 0 saturated heterocycles. The fourth-order valence-electron chi connectivity index (χ4n) is 2.87. The minimum absolute atomic E-state index is 0.0554. The molecule has 0 amide bonds. The second-order valence-corrected chi connectivity index (χ2v) is 6.24. The number of nitrogens with two attached hydrogens (primary N) is 1. The Hall–Kier alpha value is -1.12. The van der Waals surface area contributed by atoms with E-state index < -0.39 is 0 Å². The summed E-state index contributed by atoms with van der Waals surface area (Å²) in [6.07, 6.45) is 3.70. The van der Waals surface area contributed by atoms with Gasteiger partial charge in [0.05, 0.1) is 6.04 Å². The lowest BCUT2D eigenvalue weighted by Crippen LogP contribution is -2.13. The Morgan fingerprint density at radius 3 is 2.68 bits per heavy atom. The molecular formula is C17H18BrN. The average Bonchev–Trinajstić information content (AvgIpc) is 2.88. The highest BCUT2D eigenvalue weighted by molar-refractivity contribution is 9.10. The van der Waals surface area contributed by atoms with Gasteiger partial charge in [-0.2, -0.15) is 0 Å². The predicted molar refractivity (Wildman–Crippen MR) is 83.4 cm³/mol. The summed E-state index contributed by atoms with van der Waals surface area (Å²) in [6.45, 7) is 2.10. The van der Waals surface area contributed by atoms with Crippen molar-refractivity contribution in [1.29, 1.82) is 0 Å². The normalized spacial score (nSPS) is 15.3. The molecular weight excluding hydrogens is 298 g/mol. The van der Waals surface area contributed by atoms with E-state index in [2.05, 4.69) is 59.3 Å². The number of hydrogen-bond donors (Lipinski definition) is 1. The molecule has 2 aromatic rings. The third-order valence-corrected chi connectivity index (χ3v) is 4.69. The summed E-state index contributed by atoms with van der Waals surface area (Å²) in [5, 5.41) is 0. The molecule has 2 aromatic carbocycles. The van der Waals surface area contributed by atoms with Crippen LogP contribution in [0.3, 0.4) is 0 Å². The van der Waals surface area contributed by atoms with Gasteiger partial charge >= 0.3 is 0 Å². The molecule has 0 aliphatic heterocycles. The van der Waals surface area contributed by atoms with Crippen LogP contribution in [0.25, 0.3) is 0 Å². The largest absolute Gasteiger partial charge is 0.320 e. The highest BCUT2D eigenvalue weighted by atomic mass is 79.9. The minimum atomic E-state index is -0.0554. The van der Waals surface area contributed by atoms with Gasteiger partial charge in [0.2, 0.25) is 0 Å². The molecule has 1 aliphatic carbocycles. The lowest BCUT2D eigenvalue weighted by molar-refractivity contribution is 0.860.